The van der Waals surface area contributed by atoms with Crippen molar-refractivity contribution in [2.45, 2.75) is 38.9 Å². The van der Waals surface area contributed by atoms with Crippen LogP contribution in [0.1, 0.15) is 31.9 Å². The van der Waals surface area contributed by atoms with E-state index >= 15 is 0 Å². The third-order valence-corrected chi connectivity index (χ3v) is 6.50. The third-order valence-electron chi connectivity index (χ3n) is 5.76. The van der Waals surface area contributed by atoms with Crippen LogP contribution in [0.4, 0.5) is 36.3 Å². The molecule has 0 aromatic carbocycles. The Bertz CT molecular complexity index is 1220. The normalized spacial score (nSPS) is 14.8. The summed E-state index contributed by atoms with van der Waals surface area (Å²) in [5.74, 6) is -0.253. The van der Waals surface area contributed by atoms with Gasteiger partial charge in [0, 0.05) is 32.8 Å². The van der Waals surface area contributed by atoms with E-state index in [2.05, 4.69) is 43.4 Å². The van der Waals surface area contributed by atoms with Gasteiger partial charge in [0.25, 0.3) is 0 Å². The number of aromatic nitrogens is 4. The third kappa shape index (κ3) is 4.34. The number of halogens is 3. The van der Waals surface area contributed by atoms with Gasteiger partial charge in [0.15, 0.2) is 10.8 Å². The zero-order chi connectivity index (χ0) is 24.1. The van der Waals surface area contributed by atoms with Gasteiger partial charge in [-0.15, -0.1) is 0 Å². The zero-order valence-corrected chi connectivity index (χ0v) is 19.5. The van der Waals surface area contributed by atoms with Crippen LogP contribution in [0.15, 0.2) is 24.5 Å². The predicted molar refractivity (Wildman–Crippen MR) is 121 cm³/mol. The van der Waals surface area contributed by atoms with E-state index < -0.39 is 17.6 Å². The standard InChI is InChI=1S/C21H22F3N7OS/c1-11(32)30(4)15-7-13(21(22,23)24)9-26-17(15)27-19-28-18(33-29-19)14-6-12-8-20(2,3)31(5)16(12)10-25-14/h6-7,9-10H,8H2,1-5H3,(H,26,27,29). The number of fused-ring (bicyclic) bond motifs is 1. The fourth-order valence-electron chi connectivity index (χ4n) is 3.58. The minimum absolute atomic E-state index is 0.0101. The quantitative estimate of drug-likeness (QED) is 0.592. The van der Waals surface area contributed by atoms with E-state index in [4.69, 9.17) is 0 Å². The van der Waals surface area contributed by atoms with Gasteiger partial charge in [-0.3, -0.25) is 9.78 Å². The van der Waals surface area contributed by atoms with Crippen LogP contribution in [0.3, 0.4) is 0 Å². The number of nitrogens with one attached hydrogen (secondary N) is 1. The van der Waals surface area contributed by atoms with Crippen molar-refractivity contribution in [3.8, 4) is 10.7 Å². The molecule has 4 rings (SSSR count). The number of hydrogen-bond donors (Lipinski definition) is 1. The van der Waals surface area contributed by atoms with Crippen LogP contribution in [0.2, 0.25) is 0 Å². The van der Waals surface area contributed by atoms with E-state index in [-0.39, 0.29) is 23.0 Å². The molecule has 8 nitrogen and oxygen atoms in total. The number of nitrogens with zero attached hydrogens (tertiary/aromatic N) is 6. The van der Waals surface area contributed by atoms with Crippen molar-refractivity contribution in [1.82, 2.24) is 19.3 Å². The molecule has 3 aromatic heterocycles. The molecule has 3 aromatic rings. The number of carbonyl (C=O) groups excluding carboxylic acids is 1. The Labute approximate surface area is 192 Å². The lowest BCUT2D eigenvalue weighted by Gasteiger charge is -2.29. The minimum atomic E-state index is -4.59. The zero-order valence-electron chi connectivity index (χ0n) is 18.7. The highest BCUT2D eigenvalue weighted by molar-refractivity contribution is 7.09. The second-order valence-corrected chi connectivity index (χ2v) is 9.21. The molecule has 174 valence electrons. The van der Waals surface area contributed by atoms with E-state index in [0.717, 1.165) is 40.2 Å². The molecule has 0 aliphatic carbocycles. The Hall–Kier alpha value is -3.28. The van der Waals surface area contributed by atoms with Crippen LogP contribution in [0.25, 0.3) is 10.7 Å². The van der Waals surface area contributed by atoms with Gasteiger partial charge in [0.05, 0.1) is 23.1 Å². The molecule has 0 fully saturated rings. The van der Waals surface area contributed by atoms with Crippen LogP contribution in [-0.2, 0) is 17.4 Å². The fourth-order valence-corrected chi connectivity index (χ4v) is 4.17. The molecular weight excluding hydrogens is 455 g/mol. The first kappa shape index (κ1) is 22.9. The van der Waals surface area contributed by atoms with E-state index in [9.17, 15) is 18.0 Å². The van der Waals surface area contributed by atoms with Crippen molar-refractivity contribution in [2.24, 2.45) is 0 Å². The summed E-state index contributed by atoms with van der Waals surface area (Å²) in [6.07, 6.45) is -1.21. The highest BCUT2D eigenvalue weighted by atomic mass is 32.1. The molecule has 0 atom stereocenters. The predicted octanol–water partition coefficient (Wildman–Crippen LogP) is 4.51. The topological polar surface area (TPSA) is 87.1 Å². The number of pyridine rings is 2. The number of hydrogen-bond acceptors (Lipinski definition) is 8. The molecule has 4 heterocycles. The van der Waals surface area contributed by atoms with Crippen LogP contribution >= 0.6 is 11.5 Å². The molecule has 12 heteroatoms. The van der Waals surface area contributed by atoms with Crippen molar-refractivity contribution < 1.29 is 18.0 Å². The van der Waals surface area contributed by atoms with Gasteiger partial charge in [-0.1, -0.05) is 0 Å². The Morgan fingerprint density at radius 3 is 2.64 bits per heavy atom. The number of rotatable bonds is 4. The SMILES string of the molecule is CC(=O)N(C)c1cc(C(F)(F)F)cnc1Nc1nsc(-c2cc3c(cn2)N(C)C(C)(C)C3)n1. The van der Waals surface area contributed by atoms with Crippen molar-refractivity contribution in [1.29, 1.82) is 0 Å². The lowest BCUT2D eigenvalue weighted by atomic mass is 10.00. The molecule has 0 unspecified atom stereocenters. The Morgan fingerprint density at radius 1 is 1.24 bits per heavy atom. The smallest absolute Gasteiger partial charge is 0.368 e. The van der Waals surface area contributed by atoms with Crippen molar-refractivity contribution >= 4 is 40.6 Å². The molecule has 0 bridgehead atoms. The number of amides is 1. The molecule has 1 aliphatic rings. The van der Waals surface area contributed by atoms with Crippen LogP contribution in [0, 0.1) is 0 Å². The highest BCUT2D eigenvalue weighted by Crippen LogP contribution is 2.39. The molecule has 1 N–H and O–H groups in total. The van der Waals surface area contributed by atoms with E-state index in [1.807, 2.05) is 19.3 Å². The average Bonchev–Trinajstić information content (AvgIpc) is 3.28. The molecule has 1 amide bonds. The Morgan fingerprint density at radius 2 is 1.97 bits per heavy atom. The lowest BCUT2D eigenvalue weighted by molar-refractivity contribution is -0.137. The molecule has 1 aliphatic heterocycles. The minimum Gasteiger partial charge on any atom is -0.368 e. The maximum atomic E-state index is 13.2. The number of likely N-dealkylation sites (N-methyl/N-ethyl adjacent to an activating group) is 1. The molecule has 0 radical (unpaired) electrons. The number of carbonyl (C=O) groups is 1. The first-order valence-electron chi connectivity index (χ1n) is 10.0. The van der Waals surface area contributed by atoms with Crippen LogP contribution in [-0.4, -0.2) is 44.9 Å². The summed E-state index contributed by atoms with van der Waals surface area (Å²) in [6.45, 7) is 5.57. The monoisotopic (exact) mass is 477 g/mol. The first-order valence-corrected chi connectivity index (χ1v) is 10.8. The van der Waals surface area contributed by atoms with Gasteiger partial charge in [-0.05, 0) is 49.5 Å². The summed E-state index contributed by atoms with van der Waals surface area (Å²) >= 11 is 1.11. The fraction of sp³-hybridized carbons (Fsp3) is 0.381. The number of alkyl halides is 3. The molecular formula is C21H22F3N7OS. The Balaban J connectivity index is 1.63. The Kier molecular flexibility index (Phi) is 5.51. The highest BCUT2D eigenvalue weighted by Gasteiger charge is 2.34. The lowest BCUT2D eigenvalue weighted by Crippen LogP contribution is -2.37. The van der Waals surface area contributed by atoms with E-state index in [0.29, 0.717) is 16.9 Å². The van der Waals surface area contributed by atoms with E-state index in [1.54, 1.807) is 0 Å². The summed E-state index contributed by atoms with van der Waals surface area (Å²) in [5.41, 5.74) is 1.88. The first-order chi connectivity index (χ1) is 15.4. The summed E-state index contributed by atoms with van der Waals surface area (Å²) < 4.78 is 43.7. The van der Waals surface area contributed by atoms with Crippen molar-refractivity contribution in [2.75, 3.05) is 29.2 Å². The molecule has 0 saturated heterocycles. The summed E-state index contributed by atoms with van der Waals surface area (Å²) in [6, 6.07) is 2.85. The van der Waals surface area contributed by atoms with Gasteiger partial charge in [0.1, 0.15) is 5.69 Å². The summed E-state index contributed by atoms with van der Waals surface area (Å²) in [7, 11) is 3.41. The summed E-state index contributed by atoms with van der Waals surface area (Å²) in [4.78, 5) is 27.9. The summed E-state index contributed by atoms with van der Waals surface area (Å²) in [5, 5.41) is 3.39. The van der Waals surface area contributed by atoms with Crippen molar-refractivity contribution in [3.63, 3.8) is 0 Å². The number of anilines is 4. The van der Waals surface area contributed by atoms with Crippen LogP contribution < -0.4 is 15.1 Å². The molecule has 0 spiro atoms. The van der Waals surface area contributed by atoms with Gasteiger partial charge >= 0.3 is 6.18 Å². The largest absolute Gasteiger partial charge is 0.417 e. The molecule has 33 heavy (non-hydrogen) atoms. The maximum absolute atomic E-state index is 13.2. The van der Waals surface area contributed by atoms with E-state index in [1.165, 1.54) is 14.0 Å². The van der Waals surface area contributed by atoms with Gasteiger partial charge in [-0.2, -0.15) is 22.5 Å². The molecule has 0 saturated carbocycles. The van der Waals surface area contributed by atoms with Gasteiger partial charge < -0.3 is 15.1 Å². The second-order valence-electron chi connectivity index (χ2n) is 8.46. The van der Waals surface area contributed by atoms with Gasteiger partial charge in [-0.25, -0.2) is 4.98 Å². The maximum Gasteiger partial charge on any atom is 0.417 e. The van der Waals surface area contributed by atoms with Crippen LogP contribution in [0.5, 0.6) is 0 Å². The second kappa shape index (κ2) is 7.94. The van der Waals surface area contributed by atoms with Crippen molar-refractivity contribution in [3.05, 3.63) is 35.7 Å². The van der Waals surface area contributed by atoms with Gasteiger partial charge in [0.2, 0.25) is 11.9 Å². The average molecular weight is 478 g/mol.